The van der Waals surface area contributed by atoms with Crippen LogP contribution in [0.4, 0.5) is 0 Å². The minimum Gasteiger partial charge on any atom is -0.436 e. The topological polar surface area (TPSA) is 62.7 Å². The molecule has 220 valence electrons. The predicted molar refractivity (Wildman–Crippen MR) is 189 cm³/mol. The maximum absolute atomic E-state index is 9.19. The maximum Gasteiger partial charge on any atom is 0.227 e. The summed E-state index contributed by atoms with van der Waals surface area (Å²) in [5.41, 5.74) is 13.9. The smallest absolute Gasteiger partial charge is 0.227 e. The van der Waals surface area contributed by atoms with Crippen LogP contribution >= 0.6 is 0 Å². The summed E-state index contributed by atoms with van der Waals surface area (Å²) >= 11 is 0. The number of nitriles is 1. The van der Waals surface area contributed by atoms with Crippen molar-refractivity contribution in [2.24, 2.45) is 0 Å². The predicted octanol–water partition coefficient (Wildman–Crippen LogP) is 11.1. The lowest BCUT2D eigenvalue weighted by Crippen LogP contribution is -1.86. The van der Waals surface area contributed by atoms with E-state index in [0.717, 1.165) is 66.7 Å². The zero-order valence-electron chi connectivity index (χ0n) is 25.3. The van der Waals surface area contributed by atoms with E-state index in [1.54, 1.807) is 6.20 Å². The molecule has 8 rings (SSSR count). The molecule has 0 saturated carbocycles. The van der Waals surface area contributed by atoms with Gasteiger partial charge in [-0.25, -0.2) is 4.98 Å². The summed E-state index contributed by atoms with van der Waals surface area (Å²) in [5.74, 6) is 0.583. The van der Waals surface area contributed by atoms with Gasteiger partial charge in [-0.1, -0.05) is 109 Å². The summed E-state index contributed by atoms with van der Waals surface area (Å²) in [7, 11) is 0. The lowest BCUT2D eigenvalue weighted by Gasteiger charge is -2.09. The van der Waals surface area contributed by atoms with Gasteiger partial charge in [0.25, 0.3) is 0 Å². The van der Waals surface area contributed by atoms with Crippen LogP contribution in [-0.4, -0.2) is 9.97 Å². The van der Waals surface area contributed by atoms with Crippen LogP contribution in [0.1, 0.15) is 5.56 Å². The molecule has 0 spiro atoms. The van der Waals surface area contributed by atoms with Crippen LogP contribution in [0.25, 0.3) is 78.2 Å². The van der Waals surface area contributed by atoms with Crippen molar-refractivity contribution < 1.29 is 4.42 Å². The van der Waals surface area contributed by atoms with E-state index in [4.69, 9.17) is 9.40 Å². The molecule has 0 N–H and O–H groups in total. The fraction of sp³-hybridized carbons (Fsp3) is 0. The Morgan fingerprint density at radius 1 is 0.468 bits per heavy atom. The van der Waals surface area contributed by atoms with E-state index in [1.807, 2.05) is 54.7 Å². The second-order valence-electron chi connectivity index (χ2n) is 11.4. The van der Waals surface area contributed by atoms with Gasteiger partial charge in [0.05, 0.1) is 11.6 Å². The molecule has 0 fully saturated rings. The van der Waals surface area contributed by atoms with Gasteiger partial charge in [-0.2, -0.15) is 5.26 Å². The number of benzene rings is 6. The molecule has 0 bridgehead atoms. The van der Waals surface area contributed by atoms with E-state index in [1.165, 1.54) is 5.56 Å². The first-order chi connectivity index (χ1) is 23.2. The molecule has 8 aromatic rings. The van der Waals surface area contributed by atoms with E-state index >= 15 is 0 Å². The third-order valence-corrected chi connectivity index (χ3v) is 8.49. The summed E-state index contributed by atoms with van der Waals surface area (Å²) in [5, 5.41) is 9.19. The molecule has 0 aliphatic rings. The zero-order chi connectivity index (χ0) is 31.6. The van der Waals surface area contributed by atoms with Gasteiger partial charge in [0.15, 0.2) is 5.58 Å². The zero-order valence-corrected chi connectivity index (χ0v) is 25.3. The molecule has 0 saturated heterocycles. The molecule has 6 aromatic carbocycles. The van der Waals surface area contributed by atoms with E-state index in [-0.39, 0.29) is 0 Å². The average Bonchev–Trinajstić information content (AvgIpc) is 3.60. The molecule has 0 radical (unpaired) electrons. The summed E-state index contributed by atoms with van der Waals surface area (Å²) in [6, 6.07) is 53.8. The van der Waals surface area contributed by atoms with Gasteiger partial charge in [-0.15, -0.1) is 0 Å². The monoisotopic (exact) mass is 601 g/mol. The van der Waals surface area contributed by atoms with Gasteiger partial charge < -0.3 is 4.42 Å². The van der Waals surface area contributed by atoms with E-state index in [0.29, 0.717) is 11.5 Å². The third kappa shape index (κ3) is 5.59. The number of rotatable bonds is 6. The largest absolute Gasteiger partial charge is 0.436 e. The molecule has 0 aliphatic carbocycles. The summed E-state index contributed by atoms with van der Waals surface area (Å²) < 4.78 is 6.49. The summed E-state index contributed by atoms with van der Waals surface area (Å²) in [6.45, 7) is 0. The van der Waals surface area contributed by atoms with Gasteiger partial charge >= 0.3 is 0 Å². The molecule has 47 heavy (non-hydrogen) atoms. The summed E-state index contributed by atoms with van der Waals surface area (Å²) in [6.07, 6.45) is 3.66. The van der Waals surface area contributed by atoms with Crippen molar-refractivity contribution in [1.82, 2.24) is 9.97 Å². The minimum atomic E-state index is 0.583. The van der Waals surface area contributed by atoms with Crippen LogP contribution < -0.4 is 0 Å². The second kappa shape index (κ2) is 12.1. The van der Waals surface area contributed by atoms with Gasteiger partial charge in [0, 0.05) is 23.5 Å². The second-order valence-corrected chi connectivity index (χ2v) is 11.4. The Hall–Kier alpha value is -6.57. The number of fused-ring (bicyclic) bond motifs is 1. The van der Waals surface area contributed by atoms with Crippen LogP contribution in [0.2, 0.25) is 0 Å². The molecule has 0 atom stereocenters. The van der Waals surface area contributed by atoms with Gasteiger partial charge in [-0.3, -0.25) is 4.98 Å². The molecule has 4 nitrogen and oxygen atoms in total. The van der Waals surface area contributed by atoms with Crippen LogP contribution in [0.3, 0.4) is 0 Å². The highest BCUT2D eigenvalue weighted by Gasteiger charge is 2.16. The lowest BCUT2D eigenvalue weighted by molar-refractivity contribution is 0.620. The number of oxazole rings is 1. The van der Waals surface area contributed by atoms with Crippen LogP contribution in [0, 0.1) is 11.3 Å². The van der Waals surface area contributed by atoms with Crippen molar-refractivity contribution >= 4 is 11.1 Å². The summed E-state index contributed by atoms with van der Waals surface area (Å²) in [4.78, 5) is 9.32. The van der Waals surface area contributed by atoms with Gasteiger partial charge in [0.2, 0.25) is 5.89 Å². The number of pyridine rings is 1. The normalized spacial score (nSPS) is 11.0. The Morgan fingerprint density at radius 2 is 0.979 bits per heavy atom. The fourth-order valence-corrected chi connectivity index (χ4v) is 5.94. The van der Waals surface area contributed by atoms with Crippen LogP contribution in [0.5, 0.6) is 0 Å². The molecule has 0 unspecified atom stereocenters. The van der Waals surface area contributed by atoms with Crippen LogP contribution in [0.15, 0.2) is 168 Å². The van der Waals surface area contributed by atoms with Crippen molar-refractivity contribution in [3.8, 4) is 73.2 Å². The Balaban J connectivity index is 1.21. The van der Waals surface area contributed by atoms with Crippen molar-refractivity contribution in [2.45, 2.75) is 0 Å². The van der Waals surface area contributed by atoms with E-state index in [9.17, 15) is 5.26 Å². The quantitative estimate of drug-likeness (QED) is 0.190. The number of hydrogen-bond acceptors (Lipinski definition) is 4. The molecule has 4 heteroatoms. The highest BCUT2D eigenvalue weighted by atomic mass is 16.3. The molecular formula is C43H27N3O. The molecule has 2 heterocycles. The SMILES string of the molecule is N#Cc1ccc(-c2ccc(-c3cc(-c4ccc(-c5cccnc5)cc4)cc4oc(-c5ccc(-c6ccccc6)cc5)nc34)cc2)cc1. The van der Waals surface area contributed by atoms with E-state index in [2.05, 4.69) is 114 Å². The van der Waals surface area contributed by atoms with Gasteiger partial charge in [-0.05, 0) is 92.5 Å². The number of aromatic nitrogens is 2. The lowest BCUT2D eigenvalue weighted by atomic mass is 9.95. The maximum atomic E-state index is 9.19. The van der Waals surface area contributed by atoms with Crippen molar-refractivity contribution in [3.63, 3.8) is 0 Å². The molecule has 2 aromatic heterocycles. The first-order valence-electron chi connectivity index (χ1n) is 15.4. The van der Waals surface area contributed by atoms with Crippen molar-refractivity contribution in [2.75, 3.05) is 0 Å². The van der Waals surface area contributed by atoms with Crippen molar-refractivity contribution in [1.29, 1.82) is 5.26 Å². The van der Waals surface area contributed by atoms with Gasteiger partial charge in [0.1, 0.15) is 5.52 Å². The van der Waals surface area contributed by atoms with Crippen molar-refractivity contribution in [3.05, 3.63) is 170 Å². The number of hydrogen-bond donors (Lipinski definition) is 0. The molecular weight excluding hydrogens is 574 g/mol. The molecule has 0 aliphatic heterocycles. The first kappa shape index (κ1) is 27.9. The standard InChI is InChI=1S/C43H27N3O/c44-27-29-8-10-31(11-9-29)33-16-20-36(21-17-33)40-25-39(35-14-12-34(13-15-35)38-7-4-24-45-28-38)26-41-42(40)46-43(47-41)37-22-18-32(19-23-37)30-5-2-1-3-6-30/h1-26,28H. The Kier molecular flexibility index (Phi) is 7.18. The average molecular weight is 602 g/mol. The van der Waals surface area contributed by atoms with E-state index < -0.39 is 0 Å². The molecule has 0 amide bonds. The highest BCUT2D eigenvalue weighted by Crippen LogP contribution is 2.38. The highest BCUT2D eigenvalue weighted by molar-refractivity contribution is 5.96. The Bertz CT molecular complexity index is 2350. The fourth-order valence-electron chi connectivity index (χ4n) is 5.94. The Labute approximate surface area is 272 Å². The first-order valence-corrected chi connectivity index (χ1v) is 15.4. The van der Waals surface area contributed by atoms with Crippen LogP contribution in [-0.2, 0) is 0 Å². The minimum absolute atomic E-state index is 0.583. The third-order valence-electron chi connectivity index (χ3n) is 8.49. The number of nitrogens with zero attached hydrogens (tertiary/aromatic N) is 3. The Morgan fingerprint density at radius 3 is 1.57 bits per heavy atom.